The smallest absolute Gasteiger partial charge is 0.251 e. The van der Waals surface area contributed by atoms with Crippen molar-refractivity contribution >= 4 is 23.2 Å². The normalized spacial score (nSPS) is 10.7. The standard InChI is InChI=1S/C26H28ClFN2O3/c1-17(2)14-30-26(31)19-5-4-6-22(12-19)29-15-18-7-10-24(25(11-18)32-3)33-16-20-8-9-21(28)13-23(20)27/h4-13,17,29H,14-16H2,1-3H3,(H,30,31). The molecule has 0 bridgehead atoms. The Morgan fingerprint density at radius 3 is 2.61 bits per heavy atom. The Morgan fingerprint density at radius 2 is 1.88 bits per heavy atom. The highest BCUT2D eigenvalue weighted by Gasteiger charge is 2.10. The van der Waals surface area contributed by atoms with Crippen LogP contribution in [0.3, 0.4) is 0 Å². The Bertz CT molecular complexity index is 1100. The molecule has 0 aliphatic rings. The van der Waals surface area contributed by atoms with Gasteiger partial charge in [0.1, 0.15) is 12.4 Å². The van der Waals surface area contributed by atoms with Crippen LogP contribution in [-0.4, -0.2) is 19.6 Å². The molecule has 33 heavy (non-hydrogen) atoms. The van der Waals surface area contributed by atoms with E-state index in [1.165, 1.54) is 12.1 Å². The molecule has 3 rings (SSSR count). The van der Waals surface area contributed by atoms with Crippen molar-refractivity contribution in [2.45, 2.75) is 27.0 Å². The molecule has 7 heteroatoms. The Hall–Kier alpha value is -3.25. The summed E-state index contributed by atoms with van der Waals surface area (Å²) < 4.78 is 24.5. The molecular formula is C26H28ClFN2O3. The van der Waals surface area contributed by atoms with E-state index in [1.807, 2.05) is 36.4 Å². The summed E-state index contributed by atoms with van der Waals surface area (Å²) in [5.41, 5.74) is 3.12. The molecule has 2 N–H and O–H groups in total. The number of carbonyl (C=O) groups is 1. The third kappa shape index (κ3) is 7.12. The van der Waals surface area contributed by atoms with Crippen LogP contribution in [0.4, 0.5) is 10.1 Å². The van der Waals surface area contributed by atoms with Crippen molar-refractivity contribution in [3.63, 3.8) is 0 Å². The lowest BCUT2D eigenvalue weighted by Crippen LogP contribution is -2.27. The van der Waals surface area contributed by atoms with Gasteiger partial charge in [-0.1, -0.05) is 43.6 Å². The van der Waals surface area contributed by atoms with Gasteiger partial charge in [0, 0.05) is 29.9 Å². The van der Waals surface area contributed by atoms with Gasteiger partial charge in [-0.2, -0.15) is 0 Å². The van der Waals surface area contributed by atoms with Crippen LogP contribution in [0.15, 0.2) is 60.7 Å². The molecule has 0 fully saturated rings. The first-order valence-corrected chi connectivity index (χ1v) is 11.1. The van der Waals surface area contributed by atoms with Gasteiger partial charge in [-0.15, -0.1) is 0 Å². The number of anilines is 1. The van der Waals surface area contributed by atoms with E-state index in [4.69, 9.17) is 21.1 Å². The number of nitrogens with one attached hydrogen (secondary N) is 2. The maximum atomic E-state index is 13.2. The Balaban J connectivity index is 1.62. The molecule has 0 aliphatic heterocycles. The molecule has 0 unspecified atom stereocenters. The number of rotatable bonds is 10. The maximum absolute atomic E-state index is 13.2. The largest absolute Gasteiger partial charge is 0.493 e. The summed E-state index contributed by atoms with van der Waals surface area (Å²) in [6, 6.07) is 17.2. The number of methoxy groups -OCH3 is 1. The van der Waals surface area contributed by atoms with Gasteiger partial charge in [0.05, 0.1) is 12.1 Å². The van der Waals surface area contributed by atoms with E-state index in [0.29, 0.717) is 46.7 Å². The number of amides is 1. The van der Waals surface area contributed by atoms with E-state index in [1.54, 1.807) is 19.2 Å². The van der Waals surface area contributed by atoms with Crippen molar-refractivity contribution in [2.24, 2.45) is 5.92 Å². The van der Waals surface area contributed by atoms with Crippen molar-refractivity contribution in [1.82, 2.24) is 5.32 Å². The minimum Gasteiger partial charge on any atom is -0.493 e. The topological polar surface area (TPSA) is 59.6 Å². The molecule has 0 saturated carbocycles. The first kappa shape index (κ1) is 24.4. The van der Waals surface area contributed by atoms with Gasteiger partial charge in [-0.05, 0) is 53.9 Å². The fourth-order valence-electron chi connectivity index (χ4n) is 3.11. The average molecular weight is 471 g/mol. The van der Waals surface area contributed by atoms with Crippen LogP contribution in [0.5, 0.6) is 11.5 Å². The van der Waals surface area contributed by atoms with E-state index < -0.39 is 0 Å². The molecule has 1 amide bonds. The van der Waals surface area contributed by atoms with E-state index in [2.05, 4.69) is 24.5 Å². The molecule has 5 nitrogen and oxygen atoms in total. The van der Waals surface area contributed by atoms with Gasteiger partial charge < -0.3 is 20.1 Å². The fraction of sp³-hybridized carbons (Fsp3) is 0.269. The molecule has 0 atom stereocenters. The Labute approximate surface area is 198 Å². The zero-order valence-electron chi connectivity index (χ0n) is 19.0. The Morgan fingerprint density at radius 1 is 1.06 bits per heavy atom. The molecule has 0 saturated heterocycles. The van der Waals surface area contributed by atoms with E-state index in [9.17, 15) is 9.18 Å². The van der Waals surface area contributed by atoms with Gasteiger partial charge in [0.2, 0.25) is 0 Å². The van der Waals surface area contributed by atoms with Gasteiger partial charge in [0.15, 0.2) is 11.5 Å². The van der Waals surface area contributed by atoms with E-state index in [0.717, 1.165) is 11.3 Å². The Kier molecular flexibility index (Phi) is 8.55. The second kappa shape index (κ2) is 11.6. The first-order chi connectivity index (χ1) is 15.9. The zero-order valence-corrected chi connectivity index (χ0v) is 19.7. The number of ether oxygens (including phenoxy) is 2. The van der Waals surface area contributed by atoms with Gasteiger partial charge in [-0.3, -0.25) is 4.79 Å². The SMILES string of the molecule is COc1cc(CNc2cccc(C(=O)NCC(C)C)c2)ccc1OCc1ccc(F)cc1Cl. The summed E-state index contributed by atoms with van der Waals surface area (Å²) in [7, 11) is 1.57. The van der Waals surface area contributed by atoms with Crippen LogP contribution < -0.4 is 20.1 Å². The fourth-order valence-corrected chi connectivity index (χ4v) is 3.33. The van der Waals surface area contributed by atoms with Crippen LogP contribution in [0.1, 0.15) is 35.3 Å². The number of hydrogen-bond acceptors (Lipinski definition) is 4. The lowest BCUT2D eigenvalue weighted by Gasteiger charge is -2.14. The van der Waals surface area contributed by atoms with Gasteiger partial charge in [-0.25, -0.2) is 4.39 Å². The molecule has 0 spiro atoms. The minimum atomic E-state index is -0.389. The van der Waals surface area contributed by atoms with Crippen molar-refractivity contribution in [1.29, 1.82) is 0 Å². The van der Waals surface area contributed by atoms with Crippen LogP contribution in [-0.2, 0) is 13.2 Å². The predicted octanol–water partition coefficient (Wildman–Crippen LogP) is 6.06. The van der Waals surface area contributed by atoms with Crippen LogP contribution in [0.25, 0.3) is 0 Å². The molecule has 0 aliphatic carbocycles. The monoisotopic (exact) mass is 470 g/mol. The highest BCUT2D eigenvalue weighted by Crippen LogP contribution is 2.30. The highest BCUT2D eigenvalue weighted by atomic mass is 35.5. The summed E-state index contributed by atoms with van der Waals surface area (Å²) in [4.78, 5) is 12.3. The van der Waals surface area contributed by atoms with E-state index in [-0.39, 0.29) is 18.3 Å². The lowest BCUT2D eigenvalue weighted by atomic mass is 10.1. The molecule has 0 heterocycles. The van der Waals surface area contributed by atoms with Crippen molar-refractivity contribution in [2.75, 3.05) is 19.0 Å². The zero-order chi connectivity index (χ0) is 23.8. The highest BCUT2D eigenvalue weighted by molar-refractivity contribution is 6.31. The number of benzene rings is 3. The lowest BCUT2D eigenvalue weighted by molar-refractivity contribution is 0.0949. The number of halogens is 2. The van der Waals surface area contributed by atoms with Gasteiger partial charge in [0.25, 0.3) is 5.91 Å². The van der Waals surface area contributed by atoms with Crippen LogP contribution >= 0.6 is 11.6 Å². The first-order valence-electron chi connectivity index (χ1n) is 10.7. The molecule has 0 aromatic heterocycles. The molecule has 3 aromatic rings. The third-order valence-corrected chi connectivity index (χ3v) is 5.27. The summed E-state index contributed by atoms with van der Waals surface area (Å²) in [5, 5.41) is 6.57. The summed E-state index contributed by atoms with van der Waals surface area (Å²) in [6.45, 7) is 5.48. The number of hydrogen-bond donors (Lipinski definition) is 2. The third-order valence-electron chi connectivity index (χ3n) is 4.92. The molecular weight excluding hydrogens is 443 g/mol. The minimum absolute atomic E-state index is 0.0863. The van der Waals surface area contributed by atoms with Crippen molar-refractivity contribution in [3.05, 3.63) is 88.2 Å². The second-order valence-electron chi connectivity index (χ2n) is 8.05. The second-order valence-corrected chi connectivity index (χ2v) is 8.46. The summed E-state index contributed by atoms with van der Waals surface area (Å²) >= 11 is 6.07. The van der Waals surface area contributed by atoms with E-state index >= 15 is 0 Å². The van der Waals surface area contributed by atoms with Crippen molar-refractivity contribution < 1.29 is 18.7 Å². The van der Waals surface area contributed by atoms with Crippen LogP contribution in [0, 0.1) is 11.7 Å². The maximum Gasteiger partial charge on any atom is 0.251 e. The summed E-state index contributed by atoms with van der Waals surface area (Å²) in [5.74, 6) is 1.06. The quantitative estimate of drug-likeness (QED) is 0.378. The van der Waals surface area contributed by atoms with Crippen LogP contribution in [0.2, 0.25) is 5.02 Å². The molecule has 174 valence electrons. The van der Waals surface area contributed by atoms with Crippen molar-refractivity contribution in [3.8, 4) is 11.5 Å². The number of carbonyl (C=O) groups excluding carboxylic acids is 1. The average Bonchev–Trinajstić information content (AvgIpc) is 2.81. The molecule has 3 aromatic carbocycles. The molecule has 0 radical (unpaired) electrons. The predicted molar refractivity (Wildman–Crippen MR) is 130 cm³/mol. The van der Waals surface area contributed by atoms with Gasteiger partial charge >= 0.3 is 0 Å². The summed E-state index contributed by atoms with van der Waals surface area (Å²) in [6.07, 6.45) is 0.